The number of aliphatic carboxylic acids is 2. The molecule has 1 aromatic heterocycles. The van der Waals surface area contributed by atoms with E-state index in [1.54, 1.807) is 0 Å². The number of hydrogen-bond acceptors (Lipinski definition) is 5. The van der Waals surface area contributed by atoms with Gasteiger partial charge in [0, 0.05) is 23.8 Å². The Kier molecular flexibility index (Phi) is 7.98. The summed E-state index contributed by atoms with van der Waals surface area (Å²) in [6.07, 6.45) is 3.71. The number of carboxylic acid groups (broad SMARTS) is 2. The van der Waals surface area contributed by atoms with Gasteiger partial charge in [0.15, 0.2) is 0 Å². The van der Waals surface area contributed by atoms with E-state index in [9.17, 15) is 9.59 Å². The van der Waals surface area contributed by atoms with Crippen LogP contribution in [0.3, 0.4) is 0 Å². The molecule has 7 heteroatoms. The van der Waals surface area contributed by atoms with Gasteiger partial charge in [0.05, 0.1) is 5.69 Å². The first kappa shape index (κ1) is 20.9. The molecule has 0 saturated heterocycles. The van der Waals surface area contributed by atoms with Crippen LogP contribution in [0.15, 0.2) is 53.6 Å². The molecule has 1 aromatic carbocycles. The number of rotatable bonds is 6. The third-order valence-corrected chi connectivity index (χ3v) is 3.45. The van der Waals surface area contributed by atoms with Crippen LogP contribution >= 0.6 is 0 Å². The van der Waals surface area contributed by atoms with Gasteiger partial charge in [-0.3, -0.25) is 0 Å². The van der Waals surface area contributed by atoms with Gasteiger partial charge in [-0.05, 0) is 31.4 Å². The molecule has 26 heavy (non-hydrogen) atoms. The Morgan fingerprint density at radius 2 is 1.81 bits per heavy atom. The molecule has 4 N–H and O–H groups in total. The van der Waals surface area contributed by atoms with Crippen LogP contribution in [-0.4, -0.2) is 27.3 Å². The molecule has 0 bridgehead atoms. The maximum atomic E-state index is 9.55. The smallest absolute Gasteiger partial charge is 0.328 e. The zero-order chi connectivity index (χ0) is 19.7. The topological polar surface area (TPSA) is 127 Å². The third-order valence-electron chi connectivity index (χ3n) is 3.45. The van der Waals surface area contributed by atoms with Crippen LogP contribution in [0, 0.1) is 13.8 Å². The summed E-state index contributed by atoms with van der Waals surface area (Å²) in [5, 5.41) is 19.6. The van der Waals surface area contributed by atoms with Gasteiger partial charge in [-0.2, -0.15) is 0 Å². The van der Waals surface area contributed by atoms with Gasteiger partial charge < -0.3 is 20.5 Å². The summed E-state index contributed by atoms with van der Waals surface area (Å²) < 4.78 is 5.23. The molecule has 2 rings (SSSR count). The number of nitrogens with zero attached hydrogens (tertiary/aromatic N) is 1. The summed E-state index contributed by atoms with van der Waals surface area (Å²) in [6.45, 7) is 7.61. The Balaban J connectivity index is 0.000000359. The van der Waals surface area contributed by atoms with Crippen LogP contribution < -0.4 is 5.73 Å². The first-order chi connectivity index (χ1) is 12.3. The Morgan fingerprint density at radius 1 is 1.23 bits per heavy atom. The van der Waals surface area contributed by atoms with Crippen LogP contribution in [-0.2, 0) is 9.59 Å². The molecule has 0 fully saturated rings. The van der Waals surface area contributed by atoms with E-state index in [1.807, 2.05) is 32.1 Å². The molecule has 7 nitrogen and oxygen atoms in total. The lowest BCUT2D eigenvalue weighted by Gasteiger charge is -2.14. The Bertz CT molecular complexity index is 773. The molecule has 0 spiro atoms. The summed E-state index contributed by atoms with van der Waals surface area (Å²) in [5.41, 5.74) is 10.3. The van der Waals surface area contributed by atoms with E-state index in [-0.39, 0.29) is 6.04 Å². The molecule has 0 aliphatic carbocycles. The summed E-state index contributed by atoms with van der Waals surface area (Å²) in [7, 11) is 0. The lowest BCUT2D eigenvalue weighted by Crippen LogP contribution is -2.10. The van der Waals surface area contributed by atoms with Crippen molar-refractivity contribution in [3.8, 4) is 11.1 Å². The number of nitrogens with two attached hydrogens (primary N) is 1. The molecule has 0 aliphatic heterocycles. The molecule has 1 atom stereocenters. The minimum absolute atomic E-state index is 0.0487. The van der Waals surface area contributed by atoms with Crippen molar-refractivity contribution in [2.24, 2.45) is 5.73 Å². The minimum atomic E-state index is -1.26. The largest absolute Gasteiger partial charge is 0.478 e. The highest BCUT2D eigenvalue weighted by Gasteiger charge is 2.17. The summed E-state index contributed by atoms with van der Waals surface area (Å²) in [6, 6.07) is 8.07. The van der Waals surface area contributed by atoms with E-state index in [4.69, 9.17) is 20.5 Å². The van der Waals surface area contributed by atoms with Crippen LogP contribution in [0.5, 0.6) is 0 Å². The fourth-order valence-electron chi connectivity index (χ4n) is 2.36. The third kappa shape index (κ3) is 6.03. The van der Waals surface area contributed by atoms with Gasteiger partial charge in [0.1, 0.15) is 5.76 Å². The SMILES string of the molecule is C=CCC(N)c1ccccc1-c1c(C)noc1C.O=C(O)/C=C/C(=O)O. The van der Waals surface area contributed by atoms with Crippen molar-refractivity contribution >= 4 is 11.9 Å². The van der Waals surface area contributed by atoms with E-state index >= 15 is 0 Å². The number of aromatic nitrogens is 1. The number of benzene rings is 1. The molecule has 0 amide bonds. The monoisotopic (exact) mass is 358 g/mol. The maximum Gasteiger partial charge on any atom is 0.328 e. The van der Waals surface area contributed by atoms with Crippen LogP contribution in [0.1, 0.15) is 29.5 Å². The van der Waals surface area contributed by atoms with Gasteiger partial charge in [-0.15, -0.1) is 6.58 Å². The molecular weight excluding hydrogens is 336 g/mol. The molecular formula is C19H22N2O5. The van der Waals surface area contributed by atoms with Gasteiger partial charge in [0.25, 0.3) is 0 Å². The quantitative estimate of drug-likeness (QED) is 0.534. The van der Waals surface area contributed by atoms with E-state index in [0.29, 0.717) is 12.2 Å². The van der Waals surface area contributed by atoms with Crippen molar-refractivity contribution in [1.29, 1.82) is 0 Å². The highest BCUT2D eigenvalue weighted by molar-refractivity contribution is 5.89. The predicted octanol–water partition coefficient (Wildman–Crippen LogP) is 3.25. The van der Waals surface area contributed by atoms with Crippen LogP contribution in [0.2, 0.25) is 0 Å². The van der Waals surface area contributed by atoms with Crippen LogP contribution in [0.4, 0.5) is 0 Å². The second-order valence-corrected chi connectivity index (χ2v) is 5.43. The van der Waals surface area contributed by atoms with Crippen molar-refractivity contribution < 1.29 is 24.3 Å². The Hall–Kier alpha value is -3.19. The standard InChI is InChI=1S/C15H18N2O.C4H4O4/c1-4-7-14(16)12-8-5-6-9-13(12)15-10(2)17-18-11(15)3;5-3(6)1-2-4(7)8/h4-6,8-9,14H,1,7,16H2,2-3H3;1-2H,(H,5,6)(H,7,8)/b;2-1+. The molecule has 138 valence electrons. The summed E-state index contributed by atoms with van der Waals surface area (Å²) in [5.74, 6) is -1.69. The molecule has 2 aromatic rings. The fourth-order valence-corrected chi connectivity index (χ4v) is 2.36. The molecule has 1 heterocycles. The zero-order valence-corrected chi connectivity index (χ0v) is 14.7. The highest BCUT2D eigenvalue weighted by atomic mass is 16.5. The van der Waals surface area contributed by atoms with Crippen molar-refractivity contribution in [2.45, 2.75) is 26.3 Å². The molecule has 0 saturated carbocycles. The molecule has 0 radical (unpaired) electrons. The van der Waals surface area contributed by atoms with E-state index < -0.39 is 11.9 Å². The summed E-state index contributed by atoms with van der Waals surface area (Å²) >= 11 is 0. The average Bonchev–Trinajstić information content (AvgIpc) is 2.92. The number of hydrogen-bond donors (Lipinski definition) is 3. The van der Waals surface area contributed by atoms with Crippen molar-refractivity contribution in [3.63, 3.8) is 0 Å². The average molecular weight is 358 g/mol. The molecule has 1 unspecified atom stereocenters. The molecule has 0 aliphatic rings. The van der Waals surface area contributed by atoms with E-state index in [0.717, 1.165) is 34.6 Å². The number of carboxylic acids is 2. The normalized spacial score (nSPS) is 11.5. The number of carbonyl (C=O) groups is 2. The number of aryl methyl sites for hydroxylation is 2. The first-order valence-corrected chi connectivity index (χ1v) is 7.80. The second kappa shape index (κ2) is 9.95. The fraction of sp³-hybridized carbons (Fsp3) is 0.211. The van der Waals surface area contributed by atoms with E-state index in [1.165, 1.54) is 0 Å². The van der Waals surface area contributed by atoms with Crippen molar-refractivity contribution in [1.82, 2.24) is 5.16 Å². The van der Waals surface area contributed by atoms with E-state index in [2.05, 4.69) is 23.9 Å². The van der Waals surface area contributed by atoms with Crippen LogP contribution in [0.25, 0.3) is 11.1 Å². The summed E-state index contributed by atoms with van der Waals surface area (Å²) in [4.78, 5) is 19.1. The zero-order valence-electron chi connectivity index (χ0n) is 14.7. The lowest BCUT2D eigenvalue weighted by molar-refractivity contribution is -0.134. The van der Waals surface area contributed by atoms with Gasteiger partial charge in [0.2, 0.25) is 0 Å². The van der Waals surface area contributed by atoms with Crippen molar-refractivity contribution in [2.75, 3.05) is 0 Å². The Morgan fingerprint density at radius 3 is 2.27 bits per heavy atom. The van der Waals surface area contributed by atoms with Gasteiger partial charge in [-0.1, -0.05) is 35.5 Å². The minimum Gasteiger partial charge on any atom is -0.478 e. The first-order valence-electron chi connectivity index (χ1n) is 7.80. The Labute approximate surface area is 151 Å². The maximum absolute atomic E-state index is 9.55. The van der Waals surface area contributed by atoms with Crippen molar-refractivity contribution in [3.05, 3.63) is 66.1 Å². The van der Waals surface area contributed by atoms with Gasteiger partial charge in [-0.25, -0.2) is 9.59 Å². The highest BCUT2D eigenvalue weighted by Crippen LogP contribution is 2.33. The predicted molar refractivity (Wildman–Crippen MR) is 97.6 cm³/mol. The second-order valence-electron chi connectivity index (χ2n) is 5.43. The van der Waals surface area contributed by atoms with Gasteiger partial charge >= 0.3 is 11.9 Å². The lowest BCUT2D eigenvalue weighted by atomic mass is 9.93.